The van der Waals surface area contributed by atoms with Gasteiger partial charge in [0.1, 0.15) is 5.75 Å². The summed E-state index contributed by atoms with van der Waals surface area (Å²) in [5.41, 5.74) is 2.00. The Labute approximate surface area is 126 Å². The van der Waals surface area contributed by atoms with Gasteiger partial charge in [0.25, 0.3) is 0 Å². The Morgan fingerprint density at radius 3 is 2.75 bits per heavy atom. The third-order valence-electron chi connectivity index (χ3n) is 3.20. The minimum absolute atomic E-state index is 0.519. The molecule has 0 amide bonds. The van der Waals surface area contributed by atoms with Gasteiger partial charge < -0.3 is 10.1 Å². The van der Waals surface area contributed by atoms with Gasteiger partial charge in [-0.2, -0.15) is 5.10 Å². The Bertz CT molecular complexity index is 597. The van der Waals surface area contributed by atoms with Crippen LogP contribution in [-0.2, 0) is 6.54 Å². The van der Waals surface area contributed by atoms with Crippen molar-refractivity contribution in [1.29, 1.82) is 0 Å². The fourth-order valence-corrected chi connectivity index (χ4v) is 2.35. The van der Waals surface area contributed by atoms with Crippen LogP contribution >= 0.6 is 15.9 Å². The predicted octanol–water partition coefficient (Wildman–Crippen LogP) is 3.59. The first-order valence-electron chi connectivity index (χ1n) is 6.71. The van der Waals surface area contributed by atoms with Crippen LogP contribution in [0.1, 0.15) is 24.1 Å². The van der Waals surface area contributed by atoms with E-state index in [0.717, 1.165) is 28.0 Å². The van der Waals surface area contributed by atoms with Crippen LogP contribution in [0.15, 0.2) is 34.8 Å². The van der Waals surface area contributed by atoms with Crippen LogP contribution in [0.25, 0.3) is 0 Å². The highest BCUT2D eigenvalue weighted by Crippen LogP contribution is 2.26. The van der Waals surface area contributed by atoms with E-state index in [1.54, 1.807) is 0 Å². The van der Waals surface area contributed by atoms with Gasteiger partial charge >= 0.3 is 0 Å². The molecule has 1 saturated carbocycles. The maximum Gasteiger partial charge on any atom is 0.238 e. The Kier molecular flexibility index (Phi) is 3.98. The maximum atomic E-state index is 5.74. The van der Waals surface area contributed by atoms with Crippen LogP contribution in [0.5, 0.6) is 11.6 Å². The fourth-order valence-electron chi connectivity index (χ4n) is 1.87. The van der Waals surface area contributed by atoms with Gasteiger partial charge in [0.15, 0.2) is 0 Å². The van der Waals surface area contributed by atoms with Crippen molar-refractivity contribution in [2.24, 2.45) is 0 Å². The lowest BCUT2D eigenvalue weighted by molar-refractivity contribution is 0.449. The topological polar surface area (TPSA) is 47.0 Å². The molecule has 1 aliphatic rings. The maximum absolute atomic E-state index is 5.74. The molecule has 1 aromatic carbocycles. The molecule has 1 aromatic heterocycles. The molecule has 2 aromatic rings. The van der Waals surface area contributed by atoms with Gasteiger partial charge in [-0.25, -0.2) is 0 Å². The molecule has 0 saturated heterocycles. The second kappa shape index (κ2) is 5.89. The summed E-state index contributed by atoms with van der Waals surface area (Å²) in [5, 5.41) is 11.7. The van der Waals surface area contributed by atoms with Crippen LogP contribution < -0.4 is 10.1 Å². The average Bonchev–Trinajstić information content (AvgIpc) is 3.25. The third kappa shape index (κ3) is 3.55. The normalized spacial score (nSPS) is 14.3. The van der Waals surface area contributed by atoms with Gasteiger partial charge in [0.05, 0.1) is 5.69 Å². The Balaban J connectivity index is 1.64. The molecule has 3 rings (SSSR count). The molecule has 0 unspecified atom stereocenters. The molecule has 4 nitrogen and oxygen atoms in total. The summed E-state index contributed by atoms with van der Waals surface area (Å²) in [5.74, 6) is 1.32. The number of hydrogen-bond donors (Lipinski definition) is 1. The second-order valence-electron chi connectivity index (χ2n) is 5.03. The Morgan fingerprint density at radius 2 is 2.10 bits per heavy atom. The molecular formula is C15H16BrN3O. The summed E-state index contributed by atoms with van der Waals surface area (Å²) in [6.07, 6.45) is 2.55. The summed E-state index contributed by atoms with van der Waals surface area (Å²) in [6.45, 7) is 2.77. The van der Waals surface area contributed by atoms with E-state index in [2.05, 4.69) is 31.4 Å². The SMILES string of the molecule is Cc1cc(Br)ccc1Oc1ccc(CNC2CC2)nn1. The second-order valence-corrected chi connectivity index (χ2v) is 5.95. The van der Waals surface area contributed by atoms with Crippen LogP contribution in [-0.4, -0.2) is 16.2 Å². The van der Waals surface area contributed by atoms with Crippen LogP contribution in [0.2, 0.25) is 0 Å². The molecule has 1 fully saturated rings. The summed E-state index contributed by atoms with van der Waals surface area (Å²) < 4.78 is 6.78. The standard InChI is InChI=1S/C15H16BrN3O/c1-10-8-11(16)2-6-14(10)20-15-7-5-13(18-19-15)9-17-12-3-4-12/h2,5-8,12,17H,3-4,9H2,1H3. The van der Waals surface area contributed by atoms with Crippen LogP contribution in [0.4, 0.5) is 0 Å². The lowest BCUT2D eigenvalue weighted by atomic mass is 10.2. The first kappa shape index (κ1) is 13.5. The average molecular weight is 334 g/mol. The number of halogens is 1. The van der Waals surface area contributed by atoms with Crippen molar-refractivity contribution in [1.82, 2.24) is 15.5 Å². The molecule has 0 radical (unpaired) electrons. The van der Waals surface area contributed by atoms with Crippen molar-refractivity contribution in [3.05, 3.63) is 46.1 Å². The molecule has 1 N–H and O–H groups in total. The molecule has 104 valence electrons. The van der Waals surface area contributed by atoms with Crippen LogP contribution in [0, 0.1) is 6.92 Å². The van der Waals surface area contributed by atoms with Crippen molar-refractivity contribution < 1.29 is 4.74 Å². The monoisotopic (exact) mass is 333 g/mol. The summed E-state index contributed by atoms with van der Waals surface area (Å²) in [7, 11) is 0. The number of benzene rings is 1. The van der Waals surface area contributed by atoms with E-state index < -0.39 is 0 Å². The van der Waals surface area contributed by atoms with Gasteiger partial charge in [-0.3, -0.25) is 0 Å². The molecule has 0 atom stereocenters. The fraction of sp³-hybridized carbons (Fsp3) is 0.333. The zero-order valence-electron chi connectivity index (χ0n) is 11.3. The molecule has 5 heteroatoms. The van der Waals surface area contributed by atoms with E-state index in [0.29, 0.717) is 11.9 Å². The van der Waals surface area contributed by atoms with E-state index in [9.17, 15) is 0 Å². The smallest absolute Gasteiger partial charge is 0.238 e. The number of aryl methyl sites for hydroxylation is 1. The number of aromatic nitrogens is 2. The van der Waals surface area contributed by atoms with Crippen molar-refractivity contribution in [3.8, 4) is 11.6 Å². The number of nitrogens with one attached hydrogen (secondary N) is 1. The highest BCUT2D eigenvalue weighted by molar-refractivity contribution is 9.10. The van der Waals surface area contributed by atoms with Crippen molar-refractivity contribution in [3.63, 3.8) is 0 Å². The molecule has 0 bridgehead atoms. The molecule has 0 aliphatic heterocycles. The quantitative estimate of drug-likeness (QED) is 0.908. The van der Waals surface area contributed by atoms with E-state index in [1.807, 2.05) is 37.3 Å². The van der Waals surface area contributed by atoms with Gasteiger partial charge in [0.2, 0.25) is 5.88 Å². The van der Waals surface area contributed by atoms with Crippen LogP contribution in [0.3, 0.4) is 0 Å². The molecule has 0 spiro atoms. The molecule has 20 heavy (non-hydrogen) atoms. The van der Waals surface area contributed by atoms with Crippen molar-refractivity contribution in [2.75, 3.05) is 0 Å². The number of nitrogens with zero attached hydrogens (tertiary/aromatic N) is 2. The number of rotatable bonds is 5. The first-order valence-corrected chi connectivity index (χ1v) is 7.50. The Hall–Kier alpha value is -1.46. The van der Waals surface area contributed by atoms with Crippen molar-refractivity contribution in [2.45, 2.75) is 32.4 Å². The Morgan fingerprint density at radius 1 is 1.25 bits per heavy atom. The minimum atomic E-state index is 0.519. The first-order chi connectivity index (χ1) is 9.70. The highest BCUT2D eigenvalue weighted by atomic mass is 79.9. The van der Waals surface area contributed by atoms with Crippen molar-refractivity contribution >= 4 is 15.9 Å². The zero-order valence-corrected chi connectivity index (χ0v) is 12.9. The van der Waals surface area contributed by atoms with E-state index in [-0.39, 0.29) is 0 Å². The van der Waals surface area contributed by atoms with Gasteiger partial charge in [-0.05, 0) is 49.6 Å². The van der Waals surface area contributed by atoms with E-state index in [1.165, 1.54) is 12.8 Å². The molecular weight excluding hydrogens is 318 g/mol. The minimum Gasteiger partial charge on any atom is -0.437 e. The third-order valence-corrected chi connectivity index (χ3v) is 3.69. The van der Waals surface area contributed by atoms with E-state index >= 15 is 0 Å². The lowest BCUT2D eigenvalue weighted by Crippen LogP contribution is -2.16. The summed E-state index contributed by atoms with van der Waals surface area (Å²) >= 11 is 3.43. The predicted molar refractivity (Wildman–Crippen MR) is 80.8 cm³/mol. The number of hydrogen-bond acceptors (Lipinski definition) is 4. The van der Waals surface area contributed by atoms with E-state index in [4.69, 9.17) is 4.74 Å². The molecule has 1 heterocycles. The van der Waals surface area contributed by atoms with Gasteiger partial charge in [-0.1, -0.05) is 15.9 Å². The summed E-state index contributed by atoms with van der Waals surface area (Å²) in [6, 6.07) is 10.4. The zero-order chi connectivity index (χ0) is 13.9. The highest BCUT2D eigenvalue weighted by Gasteiger charge is 2.20. The number of ether oxygens (including phenoxy) is 1. The van der Waals surface area contributed by atoms with Gasteiger partial charge in [0, 0.05) is 23.1 Å². The van der Waals surface area contributed by atoms with Gasteiger partial charge in [-0.15, -0.1) is 5.10 Å². The lowest BCUT2D eigenvalue weighted by Gasteiger charge is -2.08. The largest absolute Gasteiger partial charge is 0.437 e. The summed E-state index contributed by atoms with van der Waals surface area (Å²) in [4.78, 5) is 0. The molecule has 1 aliphatic carbocycles.